The van der Waals surface area contributed by atoms with Crippen molar-refractivity contribution in [3.8, 4) is 5.75 Å². The molecule has 5 heteroatoms. The molecule has 1 aromatic heterocycles. The fourth-order valence-electron chi connectivity index (χ4n) is 3.12. The Labute approximate surface area is 163 Å². The van der Waals surface area contributed by atoms with Crippen LogP contribution in [-0.2, 0) is 4.79 Å². The molecule has 1 heterocycles. The molecule has 2 aromatic carbocycles. The molecular weight excluding hydrogens is 362 g/mol. The highest BCUT2D eigenvalue weighted by Crippen LogP contribution is 2.37. The Morgan fingerprint density at radius 1 is 1.19 bits per heavy atom. The van der Waals surface area contributed by atoms with Crippen molar-refractivity contribution in [1.29, 1.82) is 0 Å². The Hall–Kier alpha value is -2.72. The summed E-state index contributed by atoms with van der Waals surface area (Å²) in [5.41, 5.74) is 6.05. The van der Waals surface area contributed by atoms with Crippen LogP contribution in [0.1, 0.15) is 29.2 Å². The number of amides is 1. The van der Waals surface area contributed by atoms with E-state index in [1.807, 2.05) is 45.9 Å². The van der Waals surface area contributed by atoms with Gasteiger partial charge in [-0.25, -0.2) is 0 Å². The number of methoxy groups -OCH3 is 1. The number of fused-ring (bicyclic) bond motifs is 1. The fourth-order valence-corrected chi connectivity index (χ4v) is 3.30. The van der Waals surface area contributed by atoms with Gasteiger partial charge < -0.3 is 14.5 Å². The minimum atomic E-state index is -0.226. The number of allylic oxidation sites excluding steroid dienone is 1. The second-order valence-corrected chi connectivity index (χ2v) is 7.07. The van der Waals surface area contributed by atoms with Crippen molar-refractivity contribution < 1.29 is 13.9 Å². The second-order valence-electron chi connectivity index (χ2n) is 6.66. The van der Waals surface area contributed by atoms with Gasteiger partial charge in [-0.3, -0.25) is 4.79 Å². The Morgan fingerprint density at radius 3 is 2.59 bits per heavy atom. The van der Waals surface area contributed by atoms with Crippen molar-refractivity contribution in [1.82, 2.24) is 0 Å². The first-order valence-electron chi connectivity index (χ1n) is 8.63. The van der Waals surface area contributed by atoms with Crippen LogP contribution in [0.4, 0.5) is 5.69 Å². The van der Waals surface area contributed by atoms with E-state index in [4.69, 9.17) is 20.8 Å². The van der Waals surface area contributed by atoms with Crippen LogP contribution < -0.4 is 10.1 Å². The second kappa shape index (κ2) is 7.49. The number of aryl methyl sites for hydroxylation is 3. The minimum Gasteiger partial charge on any atom is -0.496 e. The molecule has 3 aromatic rings. The lowest BCUT2D eigenvalue weighted by atomic mass is 9.98. The van der Waals surface area contributed by atoms with E-state index in [2.05, 4.69) is 5.32 Å². The molecule has 0 bridgehead atoms. The summed E-state index contributed by atoms with van der Waals surface area (Å²) in [5.74, 6) is 0.480. The van der Waals surface area contributed by atoms with Crippen molar-refractivity contribution >= 4 is 39.7 Å². The van der Waals surface area contributed by atoms with Gasteiger partial charge in [-0.2, -0.15) is 0 Å². The molecule has 0 unspecified atom stereocenters. The van der Waals surface area contributed by atoms with Gasteiger partial charge in [0.05, 0.1) is 13.4 Å². The van der Waals surface area contributed by atoms with Crippen LogP contribution in [0.2, 0.25) is 5.02 Å². The van der Waals surface area contributed by atoms with E-state index >= 15 is 0 Å². The lowest BCUT2D eigenvalue weighted by molar-refractivity contribution is -0.111. The summed E-state index contributed by atoms with van der Waals surface area (Å²) in [4.78, 5) is 12.5. The number of hydrogen-bond acceptors (Lipinski definition) is 3. The third kappa shape index (κ3) is 3.71. The van der Waals surface area contributed by atoms with Crippen molar-refractivity contribution in [2.75, 3.05) is 12.4 Å². The predicted molar refractivity (Wildman–Crippen MR) is 111 cm³/mol. The zero-order valence-electron chi connectivity index (χ0n) is 16.1. The van der Waals surface area contributed by atoms with E-state index < -0.39 is 0 Å². The Bertz CT molecular complexity index is 1060. The van der Waals surface area contributed by atoms with E-state index in [1.54, 1.807) is 25.5 Å². The summed E-state index contributed by atoms with van der Waals surface area (Å²) in [6.07, 6.45) is 3.29. The summed E-state index contributed by atoms with van der Waals surface area (Å²) in [7, 11) is 1.62. The molecular formula is C22H22ClNO3. The quantitative estimate of drug-likeness (QED) is 0.557. The summed E-state index contributed by atoms with van der Waals surface area (Å²) in [6, 6.07) is 7.44. The van der Waals surface area contributed by atoms with Gasteiger partial charge in [0, 0.05) is 33.3 Å². The van der Waals surface area contributed by atoms with E-state index in [-0.39, 0.29) is 5.91 Å². The van der Waals surface area contributed by atoms with Crippen LogP contribution in [0.15, 0.2) is 41.0 Å². The largest absolute Gasteiger partial charge is 0.496 e. The van der Waals surface area contributed by atoms with Gasteiger partial charge in [0.2, 0.25) is 5.91 Å². The van der Waals surface area contributed by atoms with Gasteiger partial charge in [-0.1, -0.05) is 17.7 Å². The van der Waals surface area contributed by atoms with Gasteiger partial charge in [0.1, 0.15) is 11.3 Å². The smallest absolute Gasteiger partial charge is 0.248 e. The van der Waals surface area contributed by atoms with Crippen LogP contribution in [0.25, 0.3) is 16.5 Å². The minimum absolute atomic E-state index is 0.226. The first-order chi connectivity index (χ1) is 12.8. The number of ether oxygens (including phenoxy) is 1. The highest BCUT2D eigenvalue weighted by Gasteiger charge is 2.16. The normalized spacial score (nSPS) is 11.7. The van der Waals surface area contributed by atoms with Gasteiger partial charge in [0.15, 0.2) is 0 Å². The maximum Gasteiger partial charge on any atom is 0.248 e. The van der Waals surface area contributed by atoms with Crippen LogP contribution in [0.3, 0.4) is 0 Å². The van der Waals surface area contributed by atoms with Gasteiger partial charge in [-0.15, -0.1) is 0 Å². The number of rotatable bonds is 4. The van der Waals surface area contributed by atoms with Crippen LogP contribution in [-0.4, -0.2) is 13.0 Å². The molecule has 0 aliphatic heterocycles. The van der Waals surface area contributed by atoms with Crippen LogP contribution in [0, 0.1) is 20.8 Å². The van der Waals surface area contributed by atoms with Gasteiger partial charge in [-0.05, 0) is 62.6 Å². The van der Waals surface area contributed by atoms with E-state index in [1.165, 1.54) is 0 Å². The van der Waals surface area contributed by atoms with E-state index in [0.29, 0.717) is 16.5 Å². The van der Waals surface area contributed by atoms with Crippen molar-refractivity contribution in [3.05, 3.63) is 63.9 Å². The van der Waals surface area contributed by atoms with Crippen LogP contribution >= 0.6 is 11.6 Å². The molecule has 0 saturated carbocycles. The monoisotopic (exact) mass is 383 g/mol. The van der Waals surface area contributed by atoms with E-state index in [0.717, 1.165) is 38.8 Å². The molecule has 0 saturated heterocycles. The highest BCUT2D eigenvalue weighted by atomic mass is 35.5. The third-order valence-electron chi connectivity index (χ3n) is 4.65. The number of nitrogens with one attached hydrogen (secondary N) is 1. The number of hydrogen-bond donors (Lipinski definition) is 1. The average molecular weight is 384 g/mol. The average Bonchev–Trinajstić information content (AvgIpc) is 2.99. The Morgan fingerprint density at radius 2 is 1.93 bits per heavy atom. The Kier molecular flexibility index (Phi) is 5.29. The van der Waals surface area contributed by atoms with Crippen molar-refractivity contribution in [3.63, 3.8) is 0 Å². The maximum absolute atomic E-state index is 12.5. The molecule has 3 rings (SSSR count). The number of carbonyl (C=O) groups excluding carboxylic acids is 1. The van der Waals surface area contributed by atoms with Crippen molar-refractivity contribution in [2.45, 2.75) is 27.7 Å². The standard InChI is InChI=1S/C22H22ClNO3/c1-12-6-7-16(9-19(12)23)24-20(25)8-13(2)17-10-18-14(3)11-27-22(18)15(4)21(17)26-5/h6-11H,1-5H3,(H,24,25)/b13-8+. The fraction of sp³-hybridized carbons (Fsp3) is 0.227. The molecule has 0 spiro atoms. The van der Waals surface area contributed by atoms with Crippen molar-refractivity contribution in [2.24, 2.45) is 0 Å². The number of halogens is 1. The number of furan rings is 1. The number of carbonyl (C=O) groups is 1. The van der Waals surface area contributed by atoms with E-state index in [9.17, 15) is 4.79 Å². The molecule has 1 N–H and O–H groups in total. The molecule has 0 fully saturated rings. The highest BCUT2D eigenvalue weighted by molar-refractivity contribution is 6.31. The Balaban J connectivity index is 1.96. The molecule has 0 radical (unpaired) electrons. The molecule has 27 heavy (non-hydrogen) atoms. The summed E-state index contributed by atoms with van der Waals surface area (Å²) >= 11 is 6.12. The SMILES string of the molecule is COc1c(/C(C)=C/C(=O)Nc2ccc(C)c(Cl)c2)cc2c(C)coc2c1C. The van der Waals surface area contributed by atoms with Crippen LogP contribution in [0.5, 0.6) is 5.75 Å². The molecule has 4 nitrogen and oxygen atoms in total. The molecule has 0 aliphatic rings. The summed E-state index contributed by atoms with van der Waals surface area (Å²) < 4.78 is 11.2. The zero-order valence-corrected chi connectivity index (χ0v) is 16.8. The first-order valence-corrected chi connectivity index (χ1v) is 9.00. The topological polar surface area (TPSA) is 51.5 Å². The van der Waals surface area contributed by atoms with Gasteiger partial charge >= 0.3 is 0 Å². The summed E-state index contributed by atoms with van der Waals surface area (Å²) in [6.45, 7) is 7.75. The molecule has 140 valence electrons. The maximum atomic E-state index is 12.5. The van der Waals surface area contributed by atoms with Gasteiger partial charge in [0.25, 0.3) is 0 Å². The molecule has 0 aliphatic carbocycles. The molecule has 0 atom stereocenters. The number of benzene rings is 2. The first kappa shape index (κ1) is 19.1. The summed E-state index contributed by atoms with van der Waals surface area (Å²) in [5, 5.41) is 4.48. The third-order valence-corrected chi connectivity index (χ3v) is 5.06. The number of anilines is 1. The lowest BCUT2D eigenvalue weighted by Gasteiger charge is -2.13. The predicted octanol–water partition coefficient (Wildman–Crippen LogP) is 6.06. The lowest BCUT2D eigenvalue weighted by Crippen LogP contribution is -2.09. The molecule has 1 amide bonds. The zero-order chi connectivity index (χ0) is 19.7.